The maximum absolute atomic E-state index is 6.20. The van der Waals surface area contributed by atoms with E-state index in [0.29, 0.717) is 0 Å². The van der Waals surface area contributed by atoms with E-state index >= 15 is 0 Å². The average molecular weight is 234 g/mol. The van der Waals surface area contributed by atoms with Crippen LogP contribution in [0.15, 0.2) is 30.3 Å². The summed E-state index contributed by atoms with van der Waals surface area (Å²) in [4.78, 5) is 2.49. The summed E-state index contributed by atoms with van der Waals surface area (Å²) in [7, 11) is 0. The number of nitrogens with zero attached hydrogens (tertiary/aromatic N) is 1. The zero-order valence-electron chi connectivity index (χ0n) is 11.2. The molecule has 0 saturated carbocycles. The quantitative estimate of drug-likeness (QED) is 0.748. The average Bonchev–Trinajstić information content (AvgIpc) is 2.39. The van der Waals surface area contributed by atoms with E-state index in [0.717, 1.165) is 19.5 Å². The smallest absolute Gasteiger partial charge is 0.0307 e. The lowest BCUT2D eigenvalue weighted by molar-refractivity contribution is 0.272. The van der Waals surface area contributed by atoms with Crippen molar-refractivity contribution in [3.63, 3.8) is 0 Å². The van der Waals surface area contributed by atoms with Crippen LogP contribution >= 0.6 is 0 Å². The van der Waals surface area contributed by atoms with E-state index in [9.17, 15) is 0 Å². The molecule has 0 aliphatic carbocycles. The highest BCUT2D eigenvalue weighted by atomic mass is 15.1. The minimum absolute atomic E-state index is 0.173. The summed E-state index contributed by atoms with van der Waals surface area (Å²) in [5.74, 6) is 0. The molecule has 0 heterocycles. The highest BCUT2D eigenvalue weighted by Crippen LogP contribution is 2.13. The van der Waals surface area contributed by atoms with Crippen LogP contribution in [0.4, 0.5) is 0 Å². The lowest BCUT2D eigenvalue weighted by Crippen LogP contribution is -2.28. The topological polar surface area (TPSA) is 29.3 Å². The van der Waals surface area contributed by atoms with Crippen LogP contribution in [0, 0.1) is 0 Å². The summed E-state index contributed by atoms with van der Waals surface area (Å²) in [5.41, 5.74) is 7.45. The highest BCUT2D eigenvalue weighted by molar-refractivity contribution is 5.18. The molecule has 1 aromatic rings. The molecule has 1 aromatic carbocycles. The van der Waals surface area contributed by atoms with Gasteiger partial charge >= 0.3 is 0 Å². The van der Waals surface area contributed by atoms with Crippen LogP contribution in [-0.4, -0.2) is 24.5 Å². The minimum atomic E-state index is 0.173. The van der Waals surface area contributed by atoms with E-state index in [-0.39, 0.29) is 6.04 Å². The Morgan fingerprint density at radius 2 is 1.82 bits per heavy atom. The second-order valence-corrected chi connectivity index (χ2v) is 4.59. The summed E-state index contributed by atoms with van der Waals surface area (Å²) in [6, 6.07) is 10.6. The van der Waals surface area contributed by atoms with E-state index in [2.05, 4.69) is 43.0 Å². The van der Waals surface area contributed by atoms with Crippen molar-refractivity contribution in [3.8, 4) is 0 Å². The Bertz CT molecular complexity index is 284. The van der Waals surface area contributed by atoms with Gasteiger partial charge in [0.2, 0.25) is 0 Å². The first-order chi connectivity index (χ1) is 8.27. The second kappa shape index (κ2) is 8.26. The van der Waals surface area contributed by atoms with E-state index < -0.39 is 0 Å². The summed E-state index contributed by atoms with van der Waals surface area (Å²) in [5, 5.41) is 0. The molecule has 0 saturated heterocycles. The van der Waals surface area contributed by atoms with Crippen molar-refractivity contribution in [2.75, 3.05) is 19.6 Å². The third-order valence-corrected chi connectivity index (χ3v) is 3.26. The zero-order valence-corrected chi connectivity index (χ0v) is 11.2. The molecule has 0 aliphatic heterocycles. The lowest BCUT2D eigenvalue weighted by atomic mass is 10.0. The van der Waals surface area contributed by atoms with Crippen LogP contribution in [0.5, 0.6) is 0 Å². The van der Waals surface area contributed by atoms with Gasteiger partial charge in [-0.25, -0.2) is 0 Å². The van der Waals surface area contributed by atoms with Gasteiger partial charge in [0.15, 0.2) is 0 Å². The Balaban J connectivity index is 2.33. The summed E-state index contributed by atoms with van der Waals surface area (Å²) >= 11 is 0. The molecule has 2 N–H and O–H groups in total. The van der Waals surface area contributed by atoms with Crippen LogP contribution < -0.4 is 5.73 Å². The van der Waals surface area contributed by atoms with Crippen molar-refractivity contribution in [2.45, 2.75) is 39.2 Å². The molecular weight excluding hydrogens is 208 g/mol. The fraction of sp³-hybridized carbons (Fsp3) is 0.600. The van der Waals surface area contributed by atoms with E-state index in [1.807, 2.05) is 6.07 Å². The molecule has 0 radical (unpaired) electrons. The fourth-order valence-corrected chi connectivity index (χ4v) is 2.00. The monoisotopic (exact) mass is 234 g/mol. The molecule has 2 heteroatoms. The normalized spacial score (nSPS) is 12.9. The Hall–Kier alpha value is -0.860. The number of unbranched alkanes of at least 4 members (excludes halogenated alkanes) is 1. The van der Waals surface area contributed by atoms with Crippen LogP contribution in [0.2, 0.25) is 0 Å². The predicted molar refractivity (Wildman–Crippen MR) is 75.0 cm³/mol. The Morgan fingerprint density at radius 1 is 1.12 bits per heavy atom. The molecule has 17 heavy (non-hydrogen) atoms. The molecule has 0 amide bonds. The molecule has 1 atom stereocenters. The first-order valence-corrected chi connectivity index (χ1v) is 6.80. The zero-order chi connectivity index (χ0) is 12.5. The molecule has 96 valence electrons. The van der Waals surface area contributed by atoms with Gasteiger partial charge in [0.1, 0.15) is 0 Å². The SMILES string of the molecule is CCCCN(CC)CCC(N)c1ccccc1. The van der Waals surface area contributed by atoms with Gasteiger partial charge in [-0.15, -0.1) is 0 Å². The Morgan fingerprint density at radius 3 is 2.41 bits per heavy atom. The largest absolute Gasteiger partial charge is 0.324 e. The van der Waals surface area contributed by atoms with E-state index in [1.165, 1.54) is 24.9 Å². The molecule has 1 unspecified atom stereocenters. The molecular formula is C15H26N2. The molecule has 0 aliphatic rings. The third kappa shape index (κ3) is 5.33. The summed E-state index contributed by atoms with van der Waals surface area (Å²) in [6.45, 7) is 7.90. The number of nitrogens with two attached hydrogens (primary N) is 1. The molecule has 0 bridgehead atoms. The fourth-order valence-electron chi connectivity index (χ4n) is 2.00. The van der Waals surface area contributed by atoms with Crippen LogP contribution in [0.1, 0.15) is 44.7 Å². The van der Waals surface area contributed by atoms with E-state index in [1.54, 1.807) is 0 Å². The van der Waals surface area contributed by atoms with Gasteiger partial charge in [-0.2, -0.15) is 0 Å². The van der Waals surface area contributed by atoms with Gasteiger partial charge in [0.25, 0.3) is 0 Å². The van der Waals surface area contributed by atoms with Gasteiger partial charge < -0.3 is 10.6 Å². The molecule has 0 fully saturated rings. The second-order valence-electron chi connectivity index (χ2n) is 4.59. The third-order valence-electron chi connectivity index (χ3n) is 3.26. The molecule has 0 spiro atoms. The van der Waals surface area contributed by atoms with Gasteiger partial charge in [-0.05, 0) is 38.0 Å². The van der Waals surface area contributed by atoms with Gasteiger partial charge in [-0.3, -0.25) is 0 Å². The highest BCUT2D eigenvalue weighted by Gasteiger charge is 2.08. The summed E-state index contributed by atoms with van der Waals surface area (Å²) in [6.07, 6.45) is 3.59. The van der Waals surface area contributed by atoms with Gasteiger partial charge in [0, 0.05) is 6.04 Å². The molecule has 0 aromatic heterocycles. The first kappa shape index (κ1) is 14.2. The summed E-state index contributed by atoms with van der Waals surface area (Å²) < 4.78 is 0. The van der Waals surface area contributed by atoms with Crippen LogP contribution in [0.3, 0.4) is 0 Å². The van der Waals surface area contributed by atoms with E-state index in [4.69, 9.17) is 5.73 Å². The van der Waals surface area contributed by atoms with Crippen LogP contribution in [0.25, 0.3) is 0 Å². The first-order valence-electron chi connectivity index (χ1n) is 6.80. The molecule has 1 rings (SSSR count). The number of hydrogen-bond donors (Lipinski definition) is 1. The van der Waals surface area contributed by atoms with Crippen molar-refractivity contribution in [3.05, 3.63) is 35.9 Å². The van der Waals surface area contributed by atoms with Crippen molar-refractivity contribution >= 4 is 0 Å². The van der Waals surface area contributed by atoms with Crippen molar-refractivity contribution in [1.29, 1.82) is 0 Å². The number of hydrogen-bond acceptors (Lipinski definition) is 2. The lowest BCUT2D eigenvalue weighted by Gasteiger charge is -2.22. The maximum Gasteiger partial charge on any atom is 0.0307 e. The van der Waals surface area contributed by atoms with Crippen molar-refractivity contribution < 1.29 is 0 Å². The van der Waals surface area contributed by atoms with Gasteiger partial charge in [0.05, 0.1) is 0 Å². The Labute approximate surface area is 106 Å². The minimum Gasteiger partial charge on any atom is -0.324 e. The number of rotatable bonds is 8. The van der Waals surface area contributed by atoms with Gasteiger partial charge in [-0.1, -0.05) is 50.6 Å². The predicted octanol–water partition coefficient (Wildman–Crippen LogP) is 3.20. The molecule has 2 nitrogen and oxygen atoms in total. The van der Waals surface area contributed by atoms with Crippen molar-refractivity contribution in [1.82, 2.24) is 4.90 Å². The maximum atomic E-state index is 6.20. The Kier molecular flexibility index (Phi) is 6.90. The van der Waals surface area contributed by atoms with Crippen molar-refractivity contribution in [2.24, 2.45) is 5.73 Å². The number of benzene rings is 1. The standard InChI is InChI=1S/C15H26N2/c1-3-5-12-17(4-2)13-11-15(16)14-9-7-6-8-10-14/h6-10,15H,3-5,11-13,16H2,1-2H3. The van der Waals surface area contributed by atoms with Crippen LogP contribution in [-0.2, 0) is 0 Å².